The summed E-state index contributed by atoms with van der Waals surface area (Å²) in [7, 11) is 0. The van der Waals surface area contributed by atoms with Gasteiger partial charge in [0.15, 0.2) is 0 Å². The third kappa shape index (κ3) is 1.65. The molecule has 4 heteroatoms. The number of hydrogen-bond acceptors (Lipinski definition) is 3. The van der Waals surface area contributed by atoms with E-state index in [4.69, 9.17) is 0 Å². The molecule has 2 heterocycles. The monoisotopic (exact) mass is 228 g/mol. The molecule has 1 aliphatic carbocycles. The Kier molecular flexibility index (Phi) is 2.11. The summed E-state index contributed by atoms with van der Waals surface area (Å²) < 4.78 is 0. The Hall–Kier alpha value is -1.97. The molecule has 86 valence electrons. The number of carbonyl (C=O) groups is 1. The summed E-state index contributed by atoms with van der Waals surface area (Å²) in [4.78, 5) is 19.8. The molecule has 0 spiro atoms. The Bertz CT molecular complexity index is 618. The molecule has 0 bridgehead atoms. The first kappa shape index (κ1) is 10.2. The number of fused-ring (bicyclic) bond motifs is 1. The van der Waals surface area contributed by atoms with Crippen LogP contribution in [-0.4, -0.2) is 21.0 Å². The van der Waals surface area contributed by atoms with E-state index in [1.165, 1.54) is 6.20 Å². The van der Waals surface area contributed by atoms with Gasteiger partial charge in [-0.3, -0.25) is 9.97 Å². The number of pyridine rings is 2. The molecule has 0 amide bonds. The van der Waals surface area contributed by atoms with Crippen LogP contribution in [-0.2, 0) is 0 Å². The first-order chi connectivity index (χ1) is 8.16. The van der Waals surface area contributed by atoms with Crippen LogP contribution in [0.15, 0.2) is 18.3 Å². The zero-order chi connectivity index (χ0) is 12.0. The second-order valence-electron chi connectivity index (χ2n) is 4.49. The van der Waals surface area contributed by atoms with E-state index in [2.05, 4.69) is 9.97 Å². The molecule has 17 heavy (non-hydrogen) atoms. The summed E-state index contributed by atoms with van der Waals surface area (Å²) >= 11 is 0. The second kappa shape index (κ2) is 3.52. The van der Waals surface area contributed by atoms with Crippen LogP contribution in [0.4, 0.5) is 0 Å². The highest BCUT2D eigenvalue weighted by molar-refractivity contribution is 5.95. The highest BCUT2D eigenvalue weighted by Crippen LogP contribution is 2.44. The third-order valence-electron chi connectivity index (χ3n) is 3.11. The van der Waals surface area contributed by atoms with Crippen molar-refractivity contribution in [3.8, 4) is 0 Å². The lowest BCUT2D eigenvalue weighted by Crippen LogP contribution is -2.05. The standard InChI is InChI=1S/C13H12N2O2/c1-7-2-5-10-12(15-7)11(8-3-4-8)9(6-14-10)13(16)17/h2,5-6,8H,3-4H2,1H3,(H,16,17). The molecule has 2 aromatic rings. The molecule has 0 aromatic carbocycles. The van der Waals surface area contributed by atoms with Crippen LogP contribution in [0.25, 0.3) is 11.0 Å². The second-order valence-corrected chi connectivity index (χ2v) is 4.49. The van der Waals surface area contributed by atoms with E-state index in [1.807, 2.05) is 19.1 Å². The van der Waals surface area contributed by atoms with Crippen molar-refractivity contribution in [2.24, 2.45) is 0 Å². The highest BCUT2D eigenvalue weighted by Gasteiger charge is 2.31. The van der Waals surface area contributed by atoms with Crippen LogP contribution in [0.3, 0.4) is 0 Å². The molecular weight excluding hydrogens is 216 g/mol. The average molecular weight is 228 g/mol. The quantitative estimate of drug-likeness (QED) is 0.857. The maximum Gasteiger partial charge on any atom is 0.337 e. The molecule has 0 unspecified atom stereocenters. The van der Waals surface area contributed by atoms with Gasteiger partial charge in [0, 0.05) is 11.9 Å². The number of aryl methyl sites for hydroxylation is 1. The topological polar surface area (TPSA) is 63.1 Å². The summed E-state index contributed by atoms with van der Waals surface area (Å²) in [5.74, 6) is -0.564. The first-order valence-corrected chi connectivity index (χ1v) is 5.66. The predicted molar refractivity (Wildman–Crippen MR) is 63.2 cm³/mol. The lowest BCUT2D eigenvalue weighted by atomic mass is 10.0. The Morgan fingerprint density at radius 2 is 2.18 bits per heavy atom. The summed E-state index contributed by atoms with van der Waals surface area (Å²) in [5, 5.41) is 9.20. The number of rotatable bonds is 2. The Labute approximate surface area is 98.3 Å². The van der Waals surface area contributed by atoms with E-state index in [1.54, 1.807) is 0 Å². The van der Waals surface area contributed by atoms with Gasteiger partial charge in [-0.1, -0.05) is 0 Å². The number of hydrogen-bond donors (Lipinski definition) is 1. The van der Waals surface area contributed by atoms with Gasteiger partial charge < -0.3 is 5.11 Å². The largest absolute Gasteiger partial charge is 0.478 e. The summed E-state index contributed by atoms with van der Waals surface area (Å²) in [6.45, 7) is 1.91. The SMILES string of the molecule is Cc1ccc2ncc(C(=O)O)c(C3CC3)c2n1. The van der Waals surface area contributed by atoms with Gasteiger partial charge >= 0.3 is 5.97 Å². The van der Waals surface area contributed by atoms with Gasteiger partial charge in [0.2, 0.25) is 0 Å². The van der Waals surface area contributed by atoms with Gasteiger partial charge in [-0.25, -0.2) is 4.79 Å². The van der Waals surface area contributed by atoms with Crippen molar-refractivity contribution >= 4 is 17.0 Å². The molecule has 1 aliphatic rings. The molecule has 0 saturated heterocycles. The van der Waals surface area contributed by atoms with Crippen molar-refractivity contribution < 1.29 is 9.90 Å². The van der Waals surface area contributed by atoms with Crippen molar-refractivity contribution in [1.82, 2.24) is 9.97 Å². The molecule has 1 saturated carbocycles. The van der Waals surface area contributed by atoms with Crippen LogP contribution in [0.1, 0.15) is 40.4 Å². The van der Waals surface area contributed by atoms with E-state index < -0.39 is 5.97 Å². The van der Waals surface area contributed by atoms with Crippen molar-refractivity contribution in [1.29, 1.82) is 0 Å². The normalized spacial score (nSPS) is 15.1. The lowest BCUT2D eigenvalue weighted by molar-refractivity contribution is 0.0695. The van der Waals surface area contributed by atoms with E-state index >= 15 is 0 Å². The van der Waals surface area contributed by atoms with Crippen molar-refractivity contribution in [3.63, 3.8) is 0 Å². The maximum atomic E-state index is 11.2. The molecule has 0 aliphatic heterocycles. The van der Waals surface area contributed by atoms with E-state index in [-0.39, 0.29) is 0 Å². The Balaban J connectivity index is 2.36. The molecule has 0 atom stereocenters. The molecule has 2 aromatic heterocycles. The zero-order valence-corrected chi connectivity index (χ0v) is 9.47. The van der Waals surface area contributed by atoms with Crippen molar-refractivity contribution in [2.45, 2.75) is 25.7 Å². The fraction of sp³-hybridized carbons (Fsp3) is 0.308. The predicted octanol–water partition coefficient (Wildman–Crippen LogP) is 2.51. The van der Waals surface area contributed by atoms with Crippen LogP contribution in [0.2, 0.25) is 0 Å². The van der Waals surface area contributed by atoms with Gasteiger partial charge in [0.1, 0.15) is 0 Å². The summed E-state index contributed by atoms with van der Waals surface area (Å²) in [6, 6.07) is 3.79. The Morgan fingerprint density at radius 1 is 1.41 bits per heavy atom. The third-order valence-corrected chi connectivity index (χ3v) is 3.11. The van der Waals surface area contributed by atoms with Crippen molar-refractivity contribution in [2.75, 3.05) is 0 Å². The van der Waals surface area contributed by atoms with Gasteiger partial charge in [-0.05, 0) is 43.4 Å². The first-order valence-electron chi connectivity index (χ1n) is 5.66. The molecule has 3 rings (SSSR count). The molecule has 1 fully saturated rings. The van der Waals surface area contributed by atoms with Gasteiger partial charge in [-0.15, -0.1) is 0 Å². The van der Waals surface area contributed by atoms with Crippen LogP contribution < -0.4 is 0 Å². The summed E-state index contributed by atoms with van der Waals surface area (Å²) in [6.07, 6.45) is 3.55. The minimum absolute atomic E-state index is 0.304. The Morgan fingerprint density at radius 3 is 2.82 bits per heavy atom. The minimum atomic E-state index is -0.912. The molecular formula is C13H12N2O2. The van der Waals surface area contributed by atoms with Crippen LogP contribution >= 0.6 is 0 Å². The molecule has 4 nitrogen and oxygen atoms in total. The summed E-state index contributed by atoms with van der Waals surface area (Å²) in [5.41, 5.74) is 3.60. The fourth-order valence-electron chi connectivity index (χ4n) is 2.14. The minimum Gasteiger partial charge on any atom is -0.478 e. The number of carboxylic acid groups (broad SMARTS) is 1. The number of carboxylic acids is 1. The molecule has 1 N–H and O–H groups in total. The smallest absolute Gasteiger partial charge is 0.337 e. The zero-order valence-electron chi connectivity index (χ0n) is 9.47. The number of aromatic nitrogens is 2. The van der Waals surface area contributed by atoms with Crippen molar-refractivity contribution in [3.05, 3.63) is 35.2 Å². The highest BCUT2D eigenvalue weighted by atomic mass is 16.4. The van der Waals surface area contributed by atoms with E-state index in [0.29, 0.717) is 11.5 Å². The van der Waals surface area contributed by atoms with Crippen LogP contribution in [0, 0.1) is 6.92 Å². The van der Waals surface area contributed by atoms with Crippen LogP contribution in [0.5, 0.6) is 0 Å². The molecule has 0 radical (unpaired) electrons. The van der Waals surface area contributed by atoms with E-state index in [9.17, 15) is 9.90 Å². The van der Waals surface area contributed by atoms with E-state index in [0.717, 1.165) is 35.1 Å². The lowest BCUT2D eigenvalue weighted by Gasteiger charge is -2.08. The fourth-order valence-corrected chi connectivity index (χ4v) is 2.14. The number of nitrogens with zero attached hydrogens (tertiary/aromatic N) is 2. The van der Waals surface area contributed by atoms with Gasteiger partial charge in [0.25, 0.3) is 0 Å². The number of aromatic carboxylic acids is 1. The van der Waals surface area contributed by atoms with Gasteiger partial charge in [0.05, 0.1) is 16.6 Å². The average Bonchev–Trinajstić information content (AvgIpc) is 3.11. The van der Waals surface area contributed by atoms with Gasteiger partial charge in [-0.2, -0.15) is 0 Å². The maximum absolute atomic E-state index is 11.2.